The smallest absolute Gasteiger partial charge is 0.359 e. The van der Waals surface area contributed by atoms with E-state index in [4.69, 9.17) is 5.11 Å². The second kappa shape index (κ2) is 7.43. The monoisotopic (exact) mass is 244 g/mol. The number of likely N-dealkylation sites (N-methyl/N-ethyl adjacent to an activating group) is 1. The van der Waals surface area contributed by atoms with Crippen molar-refractivity contribution in [2.45, 2.75) is 39.5 Å². The molecule has 0 rings (SSSR count). The van der Waals surface area contributed by atoms with Gasteiger partial charge in [-0.05, 0) is 19.3 Å². The number of rotatable bonds is 9. The zero-order chi connectivity index (χ0) is 13.5. The van der Waals surface area contributed by atoms with Crippen LogP contribution >= 0.6 is 0 Å². The zero-order valence-corrected chi connectivity index (χ0v) is 11.5. The van der Waals surface area contributed by atoms with Crippen LogP contribution in [0.2, 0.25) is 0 Å². The van der Waals surface area contributed by atoms with Gasteiger partial charge in [0.25, 0.3) is 0 Å². The van der Waals surface area contributed by atoms with E-state index in [-0.39, 0.29) is 12.5 Å². The molecule has 0 aromatic carbocycles. The van der Waals surface area contributed by atoms with Crippen LogP contribution in [0.15, 0.2) is 0 Å². The lowest BCUT2D eigenvalue weighted by molar-refractivity contribution is -0.883. The maximum absolute atomic E-state index is 11.6. The zero-order valence-electron chi connectivity index (χ0n) is 11.5. The van der Waals surface area contributed by atoms with E-state index in [2.05, 4.69) is 0 Å². The third-order valence-corrected chi connectivity index (χ3v) is 3.16. The number of hydrogen-bond acceptors (Lipinski definition) is 2. The number of ketones is 1. The van der Waals surface area contributed by atoms with E-state index in [1.54, 1.807) is 0 Å². The van der Waals surface area contributed by atoms with Gasteiger partial charge in [-0.3, -0.25) is 4.79 Å². The molecule has 0 spiro atoms. The highest BCUT2D eigenvalue weighted by Gasteiger charge is 2.19. The fourth-order valence-electron chi connectivity index (χ4n) is 1.76. The van der Waals surface area contributed by atoms with Gasteiger partial charge in [-0.1, -0.05) is 13.8 Å². The molecule has 0 aliphatic rings. The molecule has 4 nitrogen and oxygen atoms in total. The molecule has 0 aromatic rings. The van der Waals surface area contributed by atoms with Crippen molar-refractivity contribution >= 4 is 11.8 Å². The molecule has 0 saturated heterocycles. The van der Waals surface area contributed by atoms with Crippen molar-refractivity contribution in [3.63, 3.8) is 0 Å². The van der Waals surface area contributed by atoms with Crippen LogP contribution in [0, 0.1) is 5.92 Å². The second-order valence-electron chi connectivity index (χ2n) is 5.44. The molecule has 0 radical (unpaired) electrons. The number of nitrogens with zero attached hydrogens (tertiary/aromatic N) is 1. The molecule has 0 aromatic heterocycles. The van der Waals surface area contributed by atoms with Gasteiger partial charge in [0.2, 0.25) is 0 Å². The summed E-state index contributed by atoms with van der Waals surface area (Å²) in [5, 5.41) is 8.73. The van der Waals surface area contributed by atoms with E-state index in [1.807, 2.05) is 27.9 Å². The minimum atomic E-state index is -0.773. The number of aliphatic carboxylic acids is 1. The molecule has 1 unspecified atom stereocenters. The van der Waals surface area contributed by atoms with Crippen LogP contribution in [0.25, 0.3) is 0 Å². The molecule has 4 heteroatoms. The lowest BCUT2D eigenvalue weighted by atomic mass is 9.99. The van der Waals surface area contributed by atoms with Crippen molar-refractivity contribution in [2.75, 3.05) is 27.2 Å². The predicted molar refractivity (Wildman–Crippen MR) is 67.8 cm³/mol. The Balaban J connectivity index is 3.77. The Morgan fingerprint density at radius 3 is 2.29 bits per heavy atom. The summed E-state index contributed by atoms with van der Waals surface area (Å²) in [6, 6.07) is 0. The van der Waals surface area contributed by atoms with Crippen LogP contribution in [0.5, 0.6) is 0 Å². The average molecular weight is 244 g/mol. The number of carboxylic acid groups (broad SMARTS) is 1. The molecule has 0 saturated carbocycles. The molecule has 0 heterocycles. The number of unbranched alkanes of at least 4 members (excludes halogenated alkanes) is 1. The summed E-state index contributed by atoms with van der Waals surface area (Å²) >= 11 is 0. The van der Waals surface area contributed by atoms with E-state index in [0.717, 1.165) is 25.8 Å². The van der Waals surface area contributed by atoms with Crippen molar-refractivity contribution in [3.8, 4) is 0 Å². The molecule has 1 atom stereocenters. The van der Waals surface area contributed by atoms with Crippen molar-refractivity contribution in [3.05, 3.63) is 0 Å². The highest BCUT2D eigenvalue weighted by atomic mass is 16.4. The molecule has 0 amide bonds. The van der Waals surface area contributed by atoms with E-state index in [0.29, 0.717) is 16.7 Å². The molecule has 17 heavy (non-hydrogen) atoms. The summed E-state index contributed by atoms with van der Waals surface area (Å²) < 4.78 is 0.479. The van der Waals surface area contributed by atoms with E-state index in [9.17, 15) is 9.59 Å². The van der Waals surface area contributed by atoms with E-state index >= 15 is 0 Å². The Bertz CT molecular complexity index is 261. The normalized spacial score (nSPS) is 13.4. The molecule has 0 aliphatic heterocycles. The Kier molecular flexibility index (Phi) is 7.04. The summed E-state index contributed by atoms with van der Waals surface area (Å²) in [5.41, 5.74) is 0. The maximum Gasteiger partial charge on any atom is 0.359 e. The van der Waals surface area contributed by atoms with Gasteiger partial charge < -0.3 is 9.59 Å². The lowest BCUT2D eigenvalue weighted by Gasteiger charge is -2.27. The summed E-state index contributed by atoms with van der Waals surface area (Å²) in [6.45, 7) is 4.93. The Labute approximate surface area is 104 Å². The molecule has 0 aliphatic carbocycles. The SMILES string of the molecule is CCC(C)C(=O)CCCC[N+](C)(C)CC(=O)O. The first-order valence-electron chi connectivity index (χ1n) is 6.35. The molecular formula is C13H26NO3+. The lowest BCUT2D eigenvalue weighted by Crippen LogP contribution is -2.44. The van der Waals surface area contributed by atoms with Gasteiger partial charge in [-0.2, -0.15) is 0 Å². The van der Waals surface area contributed by atoms with Crippen LogP contribution < -0.4 is 0 Å². The van der Waals surface area contributed by atoms with Crippen LogP contribution in [-0.2, 0) is 9.59 Å². The minimum Gasteiger partial charge on any atom is -0.477 e. The summed E-state index contributed by atoms with van der Waals surface area (Å²) in [5.74, 6) is -0.279. The van der Waals surface area contributed by atoms with Crippen molar-refractivity contribution in [1.29, 1.82) is 0 Å². The number of hydrogen-bond donors (Lipinski definition) is 1. The van der Waals surface area contributed by atoms with Crippen LogP contribution in [0.4, 0.5) is 0 Å². The first-order valence-corrected chi connectivity index (χ1v) is 6.35. The Morgan fingerprint density at radius 1 is 1.24 bits per heavy atom. The number of carbonyl (C=O) groups excluding carboxylic acids is 1. The minimum absolute atomic E-state index is 0.138. The van der Waals surface area contributed by atoms with Gasteiger partial charge in [-0.25, -0.2) is 4.79 Å². The molecule has 100 valence electrons. The summed E-state index contributed by atoms with van der Waals surface area (Å²) in [6.07, 6.45) is 3.30. The highest BCUT2D eigenvalue weighted by molar-refractivity contribution is 5.80. The van der Waals surface area contributed by atoms with Crippen molar-refractivity contribution in [1.82, 2.24) is 0 Å². The number of quaternary nitrogens is 1. The van der Waals surface area contributed by atoms with E-state index in [1.165, 1.54) is 0 Å². The number of Topliss-reactive ketones (excluding diaryl/α,β-unsaturated/α-hetero) is 1. The van der Waals surface area contributed by atoms with Gasteiger partial charge in [0.1, 0.15) is 5.78 Å². The standard InChI is InChI=1S/C13H25NO3/c1-5-11(2)12(15)8-6-7-9-14(3,4)10-13(16)17/h11H,5-10H2,1-4H3/p+1. The largest absolute Gasteiger partial charge is 0.477 e. The fraction of sp³-hybridized carbons (Fsp3) is 0.846. The average Bonchev–Trinajstić information content (AvgIpc) is 2.21. The second-order valence-corrected chi connectivity index (χ2v) is 5.44. The molecule has 1 N–H and O–H groups in total. The molecule has 0 fully saturated rings. The first-order chi connectivity index (χ1) is 7.78. The van der Waals surface area contributed by atoms with Crippen molar-refractivity contribution in [2.24, 2.45) is 5.92 Å². The summed E-state index contributed by atoms with van der Waals surface area (Å²) in [7, 11) is 3.81. The fourth-order valence-corrected chi connectivity index (χ4v) is 1.76. The van der Waals surface area contributed by atoms with Gasteiger partial charge in [0, 0.05) is 12.3 Å². The summed E-state index contributed by atoms with van der Waals surface area (Å²) in [4.78, 5) is 22.2. The van der Waals surface area contributed by atoms with Crippen LogP contribution in [0.1, 0.15) is 39.5 Å². The number of carbonyl (C=O) groups is 2. The van der Waals surface area contributed by atoms with Gasteiger partial charge in [-0.15, -0.1) is 0 Å². The Morgan fingerprint density at radius 2 is 1.82 bits per heavy atom. The maximum atomic E-state index is 11.6. The van der Waals surface area contributed by atoms with Gasteiger partial charge >= 0.3 is 5.97 Å². The molecule has 0 bridgehead atoms. The van der Waals surface area contributed by atoms with Gasteiger partial charge in [0.15, 0.2) is 6.54 Å². The molecular weight excluding hydrogens is 218 g/mol. The quantitative estimate of drug-likeness (QED) is 0.498. The Hall–Kier alpha value is -0.900. The highest BCUT2D eigenvalue weighted by Crippen LogP contribution is 2.10. The third-order valence-electron chi connectivity index (χ3n) is 3.16. The van der Waals surface area contributed by atoms with Crippen LogP contribution in [0.3, 0.4) is 0 Å². The predicted octanol–water partition coefficient (Wildman–Crippen LogP) is 1.93. The van der Waals surface area contributed by atoms with E-state index < -0.39 is 5.97 Å². The van der Waals surface area contributed by atoms with Crippen molar-refractivity contribution < 1.29 is 19.2 Å². The van der Waals surface area contributed by atoms with Crippen LogP contribution in [-0.4, -0.2) is 48.5 Å². The first kappa shape index (κ1) is 16.1. The number of carboxylic acids is 1. The topological polar surface area (TPSA) is 54.4 Å². The third kappa shape index (κ3) is 7.91. The van der Waals surface area contributed by atoms with Gasteiger partial charge in [0.05, 0.1) is 20.6 Å².